The van der Waals surface area contributed by atoms with E-state index in [0.29, 0.717) is 18.2 Å². The Morgan fingerprint density at radius 2 is 1.83 bits per heavy atom. The number of likely N-dealkylation sites (N-methyl/N-ethyl adjacent to an activating group) is 1. The average Bonchev–Trinajstić information content (AvgIpc) is 2.97. The van der Waals surface area contributed by atoms with E-state index in [-0.39, 0.29) is 30.7 Å². The van der Waals surface area contributed by atoms with Crippen molar-refractivity contribution in [3.63, 3.8) is 0 Å². The van der Waals surface area contributed by atoms with Crippen molar-refractivity contribution >= 4 is 42.1 Å². The molecule has 2 aromatic rings. The van der Waals surface area contributed by atoms with E-state index in [0.717, 1.165) is 17.1 Å². The molecule has 2 rings (SSSR count). The standard InChI is InChI=1S/C16H21N3OS.2ClH/c1-11(2)12-4-6-13(7-5-12)16-19-14(10-21-16)15(20)18-9-8-17-3;;/h4-7,10-11,17H,8-9H2,1-3H3,(H,18,20);2*1H. The number of benzene rings is 1. The molecule has 1 amide bonds. The maximum absolute atomic E-state index is 11.9. The molecule has 0 aliphatic rings. The minimum absolute atomic E-state index is 0. The molecule has 0 spiro atoms. The Bertz CT molecular complexity index is 600. The lowest BCUT2D eigenvalue weighted by atomic mass is 10.0. The highest BCUT2D eigenvalue weighted by Crippen LogP contribution is 2.25. The van der Waals surface area contributed by atoms with Crippen molar-refractivity contribution in [2.75, 3.05) is 20.1 Å². The van der Waals surface area contributed by atoms with Crippen molar-refractivity contribution in [1.82, 2.24) is 15.6 Å². The molecule has 0 unspecified atom stereocenters. The summed E-state index contributed by atoms with van der Waals surface area (Å²) in [7, 11) is 1.86. The van der Waals surface area contributed by atoms with Crippen LogP contribution in [0.1, 0.15) is 35.8 Å². The Morgan fingerprint density at radius 1 is 1.17 bits per heavy atom. The first kappa shape index (κ1) is 21.9. The van der Waals surface area contributed by atoms with Gasteiger partial charge >= 0.3 is 0 Å². The average molecular weight is 376 g/mol. The molecule has 0 bridgehead atoms. The van der Waals surface area contributed by atoms with Gasteiger partial charge in [0.1, 0.15) is 10.7 Å². The van der Waals surface area contributed by atoms with E-state index >= 15 is 0 Å². The zero-order valence-corrected chi connectivity index (χ0v) is 15.9. The van der Waals surface area contributed by atoms with Crippen LogP contribution in [-0.2, 0) is 0 Å². The van der Waals surface area contributed by atoms with Crippen LogP contribution >= 0.6 is 36.2 Å². The van der Waals surface area contributed by atoms with E-state index in [9.17, 15) is 4.79 Å². The second-order valence-corrected chi connectivity index (χ2v) is 6.03. The van der Waals surface area contributed by atoms with Crippen LogP contribution < -0.4 is 10.6 Å². The topological polar surface area (TPSA) is 54.0 Å². The lowest BCUT2D eigenvalue weighted by Gasteiger charge is -2.05. The zero-order chi connectivity index (χ0) is 15.2. The van der Waals surface area contributed by atoms with E-state index in [1.165, 1.54) is 16.9 Å². The van der Waals surface area contributed by atoms with E-state index in [4.69, 9.17) is 0 Å². The summed E-state index contributed by atoms with van der Waals surface area (Å²) < 4.78 is 0. The number of rotatable bonds is 6. The number of halogens is 2. The summed E-state index contributed by atoms with van der Waals surface area (Å²) in [5.41, 5.74) is 2.85. The van der Waals surface area contributed by atoms with Gasteiger partial charge < -0.3 is 10.6 Å². The predicted octanol–water partition coefficient (Wildman–Crippen LogP) is 3.73. The smallest absolute Gasteiger partial charge is 0.270 e. The number of hydrogen-bond acceptors (Lipinski definition) is 4. The summed E-state index contributed by atoms with van der Waals surface area (Å²) in [4.78, 5) is 16.3. The second-order valence-electron chi connectivity index (χ2n) is 5.17. The Kier molecular flexibility index (Phi) is 10.1. The molecule has 2 N–H and O–H groups in total. The summed E-state index contributed by atoms with van der Waals surface area (Å²) in [6.45, 7) is 5.70. The third-order valence-electron chi connectivity index (χ3n) is 3.22. The van der Waals surface area contributed by atoms with Gasteiger partial charge in [0, 0.05) is 24.0 Å². The molecule has 0 aliphatic heterocycles. The molecule has 0 radical (unpaired) electrons. The number of aromatic nitrogens is 1. The number of amides is 1. The number of nitrogens with one attached hydrogen (secondary N) is 2. The Morgan fingerprint density at radius 3 is 2.39 bits per heavy atom. The molecule has 0 fully saturated rings. The minimum atomic E-state index is -0.119. The molecule has 0 saturated heterocycles. The molecule has 7 heteroatoms. The molecule has 1 aromatic carbocycles. The fraction of sp³-hybridized carbons (Fsp3) is 0.375. The van der Waals surface area contributed by atoms with Crippen LogP contribution in [0.3, 0.4) is 0 Å². The van der Waals surface area contributed by atoms with Gasteiger partial charge in [-0.25, -0.2) is 4.98 Å². The van der Waals surface area contributed by atoms with Crippen molar-refractivity contribution in [2.24, 2.45) is 0 Å². The Hall–Kier alpha value is -1.14. The first-order valence-corrected chi connectivity index (χ1v) is 7.98. The normalized spacial score (nSPS) is 9.91. The van der Waals surface area contributed by atoms with Crippen molar-refractivity contribution in [3.05, 3.63) is 40.9 Å². The first-order chi connectivity index (χ1) is 10.1. The van der Waals surface area contributed by atoms with Gasteiger partial charge in [-0.05, 0) is 18.5 Å². The molecular formula is C16H23Cl2N3OS. The van der Waals surface area contributed by atoms with E-state index in [1.807, 2.05) is 7.05 Å². The maximum Gasteiger partial charge on any atom is 0.270 e. The summed E-state index contributed by atoms with van der Waals surface area (Å²) in [5.74, 6) is 0.399. The summed E-state index contributed by atoms with van der Waals surface area (Å²) in [6, 6.07) is 8.37. The first-order valence-electron chi connectivity index (χ1n) is 7.10. The molecule has 1 aromatic heterocycles. The molecule has 23 heavy (non-hydrogen) atoms. The quantitative estimate of drug-likeness (QED) is 0.756. The Labute approximate surface area is 153 Å². The highest BCUT2D eigenvalue weighted by atomic mass is 35.5. The van der Waals surface area contributed by atoms with Crippen LogP contribution in [-0.4, -0.2) is 31.0 Å². The summed E-state index contributed by atoms with van der Waals surface area (Å²) in [5, 5.41) is 8.50. The highest BCUT2D eigenvalue weighted by Gasteiger charge is 2.11. The number of carbonyl (C=O) groups excluding carboxylic acids is 1. The molecule has 4 nitrogen and oxygen atoms in total. The van der Waals surface area contributed by atoms with Crippen molar-refractivity contribution in [2.45, 2.75) is 19.8 Å². The monoisotopic (exact) mass is 375 g/mol. The second kappa shape index (κ2) is 10.6. The van der Waals surface area contributed by atoms with Gasteiger partial charge in [0.2, 0.25) is 0 Å². The van der Waals surface area contributed by atoms with E-state index in [1.54, 1.807) is 5.38 Å². The third-order valence-corrected chi connectivity index (χ3v) is 4.11. The fourth-order valence-corrected chi connectivity index (χ4v) is 2.72. The van der Waals surface area contributed by atoms with Gasteiger partial charge in [-0.1, -0.05) is 38.1 Å². The largest absolute Gasteiger partial charge is 0.349 e. The minimum Gasteiger partial charge on any atom is -0.349 e. The van der Waals surface area contributed by atoms with Crippen molar-refractivity contribution < 1.29 is 4.79 Å². The molecule has 0 aliphatic carbocycles. The maximum atomic E-state index is 11.9. The van der Waals surface area contributed by atoms with Crippen LogP contribution in [0.5, 0.6) is 0 Å². The number of carbonyl (C=O) groups is 1. The molecular weight excluding hydrogens is 353 g/mol. The fourth-order valence-electron chi connectivity index (χ4n) is 1.91. The van der Waals surface area contributed by atoms with Crippen LogP contribution in [0.4, 0.5) is 0 Å². The SMILES string of the molecule is CNCCNC(=O)c1csc(-c2ccc(C(C)C)cc2)n1.Cl.Cl. The van der Waals surface area contributed by atoms with Gasteiger partial charge in [-0.2, -0.15) is 0 Å². The van der Waals surface area contributed by atoms with Crippen molar-refractivity contribution in [3.8, 4) is 10.6 Å². The molecule has 0 atom stereocenters. The van der Waals surface area contributed by atoms with E-state index < -0.39 is 0 Å². The van der Waals surface area contributed by atoms with Crippen LogP contribution in [0.15, 0.2) is 29.6 Å². The van der Waals surface area contributed by atoms with Gasteiger partial charge in [-0.3, -0.25) is 4.79 Å². The summed E-state index contributed by atoms with van der Waals surface area (Å²) in [6.07, 6.45) is 0. The van der Waals surface area contributed by atoms with Crippen LogP contribution in [0, 0.1) is 0 Å². The molecule has 1 heterocycles. The van der Waals surface area contributed by atoms with Crippen molar-refractivity contribution in [1.29, 1.82) is 0 Å². The van der Waals surface area contributed by atoms with Gasteiger partial charge in [-0.15, -0.1) is 36.2 Å². The lowest BCUT2D eigenvalue weighted by molar-refractivity contribution is 0.0950. The van der Waals surface area contributed by atoms with Crippen LogP contribution in [0.25, 0.3) is 10.6 Å². The van der Waals surface area contributed by atoms with Gasteiger partial charge in [0.15, 0.2) is 0 Å². The number of hydrogen-bond donors (Lipinski definition) is 2. The predicted molar refractivity (Wildman–Crippen MR) is 102 cm³/mol. The van der Waals surface area contributed by atoms with Gasteiger partial charge in [0.25, 0.3) is 5.91 Å². The number of thiazole rings is 1. The lowest BCUT2D eigenvalue weighted by Crippen LogP contribution is -2.30. The van der Waals surface area contributed by atoms with E-state index in [2.05, 4.69) is 53.7 Å². The number of nitrogens with zero attached hydrogens (tertiary/aromatic N) is 1. The third kappa shape index (κ3) is 6.11. The zero-order valence-electron chi connectivity index (χ0n) is 13.5. The van der Waals surface area contributed by atoms with Crippen LogP contribution in [0.2, 0.25) is 0 Å². The Balaban J connectivity index is 0.00000242. The molecule has 128 valence electrons. The summed E-state index contributed by atoms with van der Waals surface area (Å²) >= 11 is 1.50. The highest BCUT2D eigenvalue weighted by molar-refractivity contribution is 7.13. The molecule has 0 saturated carbocycles. The van der Waals surface area contributed by atoms with Gasteiger partial charge in [0.05, 0.1) is 0 Å².